The van der Waals surface area contributed by atoms with Crippen LogP contribution >= 0.6 is 0 Å². The van der Waals surface area contributed by atoms with Crippen LogP contribution in [-0.2, 0) is 96.0 Å². The number of aliphatic hydroxyl groups is 9. The quantitative estimate of drug-likeness (QED) is 0.0448. The molecular weight excluding hydrogens is 1050 g/mol. The fourth-order valence-electron chi connectivity index (χ4n) is 8.07. The van der Waals surface area contributed by atoms with Crippen LogP contribution in [0.4, 0.5) is 0 Å². The minimum absolute atomic E-state index is 0.566. The summed E-state index contributed by atoms with van der Waals surface area (Å²) in [6, 6.07) is 0. The lowest BCUT2D eigenvalue weighted by Gasteiger charge is -2.45. The second-order valence-electron chi connectivity index (χ2n) is 16.6. The van der Waals surface area contributed by atoms with Crippen LogP contribution in [0.2, 0.25) is 0 Å². The van der Waals surface area contributed by atoms with E-state index >= 15 is 0 Å². The van der Waals surface area contributed by atoms with Crippen molar-refractivity contribution in [2.75, 3.05) is 46.2 Å². The molecule has 37 heteroatoms. The highest BCUT2D eigenvalue weighted by Crippen LogP contribution is 2.36. The number of ether oxygens (including phenoxy) is 9. The van der Waals surface area contributed by atoms with Gasteiger partial charge in [-0.3, -0.25) is 13.7 Å². The van der Waals surface area contributed by atoms with Crippen LogP contribution in [0, 0.1) is 23.7 Å². The molecule has 0 aliphatic carbocycles. The van der Waals surface area contributed by atoms with Crippen molar-refractivity contribution in [2.24, 2.45) is 23.7 Å². The van der Waals surface area contributed by atoms with Crippen LogP contribution in [-0.4, -0.2) is 264 Å². The first kappa shape index (κ1) is 59.3. The molecule has 0 bridgehead atoms. The molecule has 0 aromatic carbocycles. The Hall–Kier alpha value is -2.59. The predicted octanol–water partition coefficient (Wildman–Crippen LogP) is -8.40. The first-order valence-corrected chi connectivity index (χ1v) is 24.9. The first-order chi connectivity index (χ1) is 32.9. The summed E-state index contributed by atoms with van der Waals surface area (Å²) in [6.45, 7) is -4.79. The van der Waals surface area contributed by atoms with E-state index in [1.54, 1.807) is 0 Å². The molecule has 14 N–H and O–H groups in total. The molecule has 22 unspecified atom stereocenters. The molecule has 5 aliphatic rings. The summed E-state index contributed by atoms with van der Waals surface area (Å²) in [7, 11) is -16.0. The zero-order chi connectivity index (χ0) is 53.1. The minimum atomic E-state index is -5.51. The van der Waals surface area contributed by atoms with Crippen molar-refractivity contribution in [2.45, 2.75) is 118 Å². The van der Waals surface area contributed by atoms with E-state index in [-0.39, 0.29) is 0 Å². The molecule has 0 aromatic heterocycles. The number of rotatable bonds is 22. The van der Waals surface area contributed by atoms with Crippen molar-refractivity contribution in [3.05, 3.63) is 11.8 Å². The Morgan fingerprint density at radius 3 is 1.76 bits per heavy atom. The smallest absolute Gasteiger partial charge is 0.397 e. The summed E-state index contributed by atoms with van der Waals surface area (Å²) < 4.78 is 159. The van der Waals surface area contributed by atoms with Gasteiger partial charge in [0.1, 0.15) is 48.8 Å². The molecule has 0 saturated carbocycles. The number of hydrogen-bond donors (Lipinski definition) is 14. The van der Waals surface area contributed by atoms with Gasteiger partial charge in [0, 0.05) is 17.8 Å². The summed E-state index contributed by atoms with van der Waals surface area (Å²) in [6.07, 6.45) is -34.4. The Kier molecular flexibility index (Phi) is 20.4. The van der Waals surface area contributed by atoms with Gasteiger partial charge in [0.2, 0.25) is 12.0 Å². The molecular formula is C34H54O34S3. The third kappa shape index (κ3) is 15.5. The van der Waals surface area contributed by atoms with Crippen molar-refractivity contribution in [1.29, 1.82) is 0 Å². The summed E-state index contributed by atoms with van der Waals surface area (Å²) in [5.74, 6) is -10.2. The Balaban J connectivity index is 1.33. The van der Waals surface area contributed by atoms with E-state index < -0.39 is 229 Å². The Bertz CT molecular complexity index is 2160. The van der Waals surface area contributed by atoms with Crippen LogP contribution < -0.4 is 0 Å². The summed E-state index contributed by atoms with van der Waals surface area (Å²) >= 11 is 0. The van der Waals surface area contributed by atoms with Gasteiger partial charge in [-0.05, 0) is 13.0 Å². The second-order valence-corrected chi connectivity index (χ2v) is 19.8. The lowest BCUT2D eigenvalue weighted by Crippen LogP contribution is -2.61. The minimum Gasteiger partial charge on any atom is -0.479 e. The van der Waals surface area contributed by atoms with Crippen LogP contribution in [0.3, 0.4) is 0 Å². The molecule has 412 valence electrons. The molecule has 71 heavy (non-hydrogen) atoms. The lowest BCUT2D eigenvalue weighted by atomic mass is 9.84. The standard InChI is InChI=1S/C34H54O34S3/c1-10-26(67-70(51,52)53)25(43)28(68-71(54,55)56)34(63-10)61-6-12-11(4-57-18(19(12)37)9-62-69(48,49)50)5-58-32-22(40)13(21(39)27(66-32)30(46)47)7-59-31-14(20(38)24(42)17(3-35)65-31)8-60-33-23(41)15(36)2-16(64-33)29(44)45/h2,10-15,17-28,31-43H,3-9H2,1H3,(H,44,45)(H,46,47)(H,48,49,50)(H,51,52,53)(H,54,55,56). The van der Waals surface area contributed by atoms with Gasteiger partial charge in [-0.15, -0.1) is 0 Å². The molecule has 0 spiro atoms. The second kappa shape index (κ2) is 24.4. The molecule has 22 atom stereocenters. The fraction of sp³-hybridized carbons (Fsp3) is 0.882. The van der Waals surface area contributed by atoms with Gasteiger partial charge in [0.15, 0.2) is 31.1 Å². The van der Waals surface area contributed by atoms with Crippen LogP contribution in [0.5, 0.6) is 0 Å². The van der Waals surface area contributed by atoms with E-state index in [1.165, 1.54) is 0 Å². The van der Waals surface area contributed by atoms with E-state index in [0.29, 0.717) is 6.08 Å². The Labute approximate surface area is 401 Å². The van der Waals surface area contributed by atoms with Crippen molar-refractivity contribution >= 4 is 43.1 Å². The van der Waals surface area contributed by atoms with Crippen molar-refractivity contribution in [3.63, 3.8) is 0 Å². The maximum Gasteiger partial charge on any atom is 0.397 e. The number of aliphatic hydroxyl groups excluding tert-OH is 9. The highest BCUT2D eigenvalue weighted by Gasteiger charge is 2.53. The maximum atomic E-state index is 12.3. The van der Waals surface area contributed by atoms with Crippen LogP contribution in [0.1, 0.15) is 6.92 Å². The summed E-state index contributed by atoms with van der Waals surface area (Å²) in [5.41, 5.74) is 0. The monoisotopic (exact) mass is 1100 g/mol. The van der Waals surface area contributed by atoms with E-state index in [2.05, 4.69) is 12.5 Å². The third-order valence-electron chi connectivity index (χ3n) is 11.8. The summed E-state index contributed by atoms with van der Waals surface area (Å²) in [5, 5.41) is 116. The third-order valence-corrected chi connectivity index (χ3v) is 13.2. The predicted molar refractivity (Wildman–Crippen MR) is 213 cm³/mol. The van der Waals surface area contributed by atoms with E-state index in [4.69, 9.17) is 47.2 Å². The molecule has 5 rings (SSSR count). The van der Waals surface area contributed by atoms with E-state index in [0.717, 1.165) is 6.92 Å². The Morgan fingerprint density at radius 1 is 0.592 bits per heavy atom. The van der Waals surface area contributed by atoms with Gasteiger partial charge in [-0.2, -0.15) is 25.3 Å². The van der Waals surface area contributed by atoms with Gasteiger partial charge < -0.3 is 98.8 Å². The fourth-order valence-corrected chi connectivity index (χ4v) is 9.41. The van der Waals surface area contributed by atoms with Crippen molar-refractivity contribution < 1.29 is 160 Å². The zero-order valence-corrected chi connectivity index (χ0v) is 38.8. The van der Waals surface area contributed by atoms with Gasteiger partial charge in [-0.1, -0.05) is 0 Å². The van der Waals surface area contributed by atoms with E-state index in [9.17, 15) is 100 Å². The van der Waals surface area contributed by atoms with Crippen LogP contribution in [0.25, 0.3) is 0 Å². The molecule has 5 aliphatic heterocycles. The average molecular weight is 1100 g/mol. The number of carboxylic acid groups (broad SMARTS) is 2. The van der Waals surface area contributed by atoms with Gasteiger partial charge in [0.05, 0.1) is 76.6 Å². The maximum absolute atomic E-state index is 12.3. The van der Waals surface area contributed by atoms with Gasteiger partial charge in [-0.25, -0.2) is 22.1 Å². The number of aliphatic carboxylic acids is 2. The molecule has 0 aromatic rings. The normalized spacial score (nSPS) is 41.7. The SMILES string of the molecule is CC1OC(OCC2C(COC3OC(C(=O)O)C(O)C(COC4OC(CO)C(O)C(O)C4COC4OC(C(=O)O)=CC(O)C4O)C3O)COC(COS(=O)(=O)O)C2O)C(OS(=O)(=O)O)C(O)C1OS(=O)(=O)O. The molecule has 34 nitrogen and oxygen atoms in total. The average Bonchev–Trinajstić information content (AvgIpc) is 3.26. The number of hydrogen-bond acceptors (Lipinski definition) is 29. The first-order valence-electron chi connectivity index (χ1n) is 20.8. The molecule has 0 radical (unpaired) electrons. The zero-order valence-electron chi connectivity index (χ0n) is 36.4. The van der Waals surface area contributed by atoms with Crippen molar-refractivity contribution in [1.82, 2.24) is 0 Å². The van der Waals surface area contributed by atoms with Gasteiger partial charge in [0.25, 0.3) is 0 Å². The van der Waals surface area contributed by atoms with Gasteiger partial charge >= 0.3 is 43.1 Å². The molecule has 4 fully saturated rings. The number of carbonyl (C=O) groups is 2. The Morgan fingerprint density at radius 2 is 1.17 bits per heavy atom. The molecule has 5 heterocycles. The molecule has 0 amide bonds. The highest BCUT2D eigenvalue weighted by atomic mass is 32.3. The highest BCUT2D eigenvalue weighted by molar-refractivity contribution is 7.81. The van der Waals surface area contributed by atoms with Crippen molar-refractivity contribution in [3.8, 4) is 0 Å². The van der Waals surface area contributed by atoms with E-state index in [1.807, 2.05) is 0 Å². The lowest BCUT2D eigenvalue weighted by molar-refractivity contribution is -0.322. The number of carboxylic acids is 2. The van der Waals surface area contributed by atoms with Crippen LogP contribution in [0.15, 0.2) is 11.8 Å². The topological polar surface area (TPSA) is 531 Å². The summed E-state index contributed by atoms with van der Waals surface area (Å²) in [4.78, 5) is 23.8. The molecule has 4 saturated heterocycles. The largest absolute Gasteiger partial charge is 0.479 e.